The molecule has 0 aliphatic heterocycles. The number of sulfonamides is 2. The molecular formula is C29H28ClN3O5S2. The van der Waals surface area contributed by atoms with Gasteiger partial charge in [0, 0.05) is 16.4 Å². The first kappa shape index (κ1) is 29.1. The first-order valence-corrected chi connectivity index (χ1v) is 15.5. The van der Waals surface area contributed by atoms with E-state index in [1.54, 1.807) is 55.5 Å². The Labute approximate surface area is 239 Å². The fraction of sp³-hybridized carbons (Fsp3) is 0.138. The van der Waals surface area contributed by atoms with Gasteiger partial charge in [0.15, 0.2) is 0 Å². The SMILES string of the molecule is Cc1ccc(S(=O)(=O)N(CC(=O)Nc2ccc(S(=O)(=O)Nc3ccc(Cl)cc3)cc2)c2ccc(C)cc2C)cc1. The highest BCUT2D eigenvalue weighted by atomic mass is 35.5. The predicted molar refractivity (Wildman–Crippen MR) is 159 cm³/mol. The highest BCUT2D eigenvalue weighted by Gasteiger charge is 2.28. The summed E-state index contributed by atoms with van der Waals surface area (Å²) in [5.41, 5.74) is 3.61. The minimum absolute atomic E-state index is 0.0145. The molecule has 0 bridgehead atoms. The van der Waals surface area contributed by atoms with Crippen LogP contribution in [0.3, 0.4) is 0 Å². The Balaban J connectivity index is 1.55. The lowest BCUT2D eigenvalue weighted by Crippen LogP contribution is -2.38. The number of anilines is 3. The van der Waals surface area contributed by atoms with Crippen LogP contribution < -0.4 is 14.3 Å². The van der Waals surface area contributed by atoms with Gasteiger partial charge < -0.3 is 5.32 Å². The van der Waals surface area contributed by atoms with Crippen LogP contribution in [0.2, 0.25) is 5.02 Å². The molecule has 4 rings (SSSR count). The highest BCUT2D eigenvalue weighted by molar-refractivity contribution is 7.93. The van der Waals surface area contributed by atoms with Crippen LogP contribution in [0.15, 0.2) is 101 Å². The van der Waals surface area contributed by atoms with E-state index >= 15 is 0 Å². The molecule has 0 aliphatic carbocycles. The largest absolute Gasteiger partial charge is 0.325 e. The predicted octanol–water partition coefficient (Wildman–Crippen LogP) is 5.90. The molecule has 0 heterocycles. The number of nitrogens with zero attached hydrogens (tertiary/aromatic N) is 1. The van der Waals surface area contributed by atoms with Crippen molar-refractivity contribution in [3.63, 3.8) is 0 Å². The van der Waals surface area contributed by atoms with Crippen molar-refractivity contribution in [2.24, 2.45) is 0 Å². The van der Waals surface area contributed by atoms with Crippen molar-refractivity contribution in [1.82, 2.24) is 0 Å². The molecule has 0 radical (unpaired) electrons. The average molecular weight is 598 g/mol. The van der Waals surface area contributed by atoms with Crippen LogP contribution in [0.4, 0.5) is 17.1 Å². The van der Waals surface area contributed by atoms with Gasteiger partial charge in [0.2, 0.25) is 5.91 Å². The molecule has 0 fully saturated rings. The summed E-state index contributed by atoms with van der Waals surface area (Å²) in [5, 5.41) is 3.14. The van der Waals surface area contributed by atoms with Crippen LogP contribution in [0.5, 0.6) is 0 Å². The second kappa shape index (κ2) is 11.7. The molecule has 40 heavy (non-hydrogen) atoms. The lowest BCUT2D eigenvalue weighted by Gasteiger charge is -2.26. The number of hydrogen-bond acceptors (Lipinski definition) is 5. The summed E-state index contributed by atoms with van der Waals surface area (Å²) >= 11 is 5.85. The molecule has 4 aromatic rings. The van der Waals surface area contributed by atoms with Crippen molar-refractivity contribution < 1.29 is 21.6 Å². The number of carbonyl (C=O) groups excluding carboxylic acids is 1. The topological polar surface area (TPSA) is 113 Å². The van der Waals surface area contributed by atoms with Gasteiger partial charge in [-0.3, -0.25) is 13.8 Å². The van der Waals surface area contributed by atoms with Gasteiger partial charge in [0.25, 0.3) is 20.0 Å². The lowest BCUT2D eigenvalue weighted by atomic mass is 10.1. The van der Waals surface area contributed by atoms with Crippen molar-refractivity contribution in [1.29, 1.82) is 0 Å². The third-order valence-corrected chi connectivity index (χ3v) is 9.49. The molecular weight excluding hydrogens is 570 g/mol. The molecule has 11 heteroatoms. The van der Waals surface area contributed by atoms with E-state index < -0.39 is 32.5 Å². The van der Waals surface area contributed by atoms with Crippen molar-refractivity contribution in [3.8, 4) is 0 Å². The Morgan fingerprint density at radius 1 is 0.725 bits per heavy atom. The quantitative estimate of drug-likeness (QED) is 0.249. The number of rotatable bonds is 9. The number of hydrogen-bond donors (Lipinski definition) is 2. The average Bonchev–Trinajstić information content (AvgIpc) is 2.89. The second-order valence-corrected chi connectivity index (χ2v) is 13.3. The van der Waals surface area contributed by atoms with E-state index in [1.807, 2.05) is 19.9 Å². The zero-order chi connectivity index (χ0) is 29.1. The smallest absolute Gasteiger partial charge is 0.264 e. The van der Waals surface area contributed by atoms with E-state index in [0.29, 0.717) is 27.6 Å². The van der Waals surface area contributed by atoms with Gasteiger partial charge >= 0.3 is 0 Å². The van der Waals surface area contributed by atoms with Crippen molar-refractivity contribution in [2.75, 3.05) is 20.9 Å². The van der Waals surface area contributed by atoms with Crippen LogP contribution in [0.1, 0.15) is 16.7 Å². The number of aryl methyl sites for hydroxylation is 3. The normalized spacial score (nSPS) is 11.6. The summed E-state index contributed by atoms with van der Waals surface area (Å²) in [4.78, 5) is 13.1. The van der Waals surface area contributed by atoms with E-state index in [9.17, 15) is 21.6 Å². The number of nitrogens with one attached hydrogen (secondary N) is 2. The number of halogens is 1. The fourth-order valence-corrected chi connectivity index (χ4v) is 6.67. The van der Waals surface area contributed by atoms with Crippen LogP contribution >= 0.6 is 11.6 Å². The maximum absolute atomic E-state index is 13.7. The summed E-state index contributed by atoms with van der Waals surface area (Å²) < 4.78 is 56.3. The van der Waals surface area contributed by atoms with Crippen molar-refractivity contribution in [3.05, 3.63) is 113 Å². The third-order valence-electron chi connectivity index (χ3n) is 6.06. The summed E-state index contributed by atoms with van der Waals surface area (Å²) in [7, 11) is -7.96. The van der Waals surface area contributed by atoms with Crippen LogP contribution in [0.25, 0.3) is 0 Å². The summed E-state index contributed by atoms with van der Waals surface area (Å²) in [6.45, 7) is 5.06. The van der Waals surface area contributed by atoms with Crippen LogP contribution in [-0.4, -0.2) is 29.3 Å². The Bertz CT molecular complexity index is 1740. The number of amides is 1. The third kappa shape index (κ3) is 6.82. The first-order valence-electron chi connectivity index (χ1n) is 12.2. The summed E-state index contributed by atoms with van der Waals surface area (Å²) in [6, 6.07) is 23.5. The lowest BCUT2D eigenvalue weighted by molar-refractivity contribution is -0.114. The molecule has 0 atom stereocenters. The molecule has 0 saturated carbocycles. The first-order chi connectivity index (χ1) is 18.8. The molecule has 2 N–H and O–H groups in total. The molecule has 208 valence electrons. The molecule has 0 saturated heterocycles. The molecule has 0 unspecified atom stereocenters. The maximum Gasteiger partial charge on any atom is 0.264 e. The molecule has 4 aromatic carbocycles. The summed E-state index contributed by atoms with van der Waals surface area (Å²) in [5.74, 6) is -0.592. The zero-order valence-corrected chi connectivity index (χ0v) is 24.4. The highest BCUT2D eigenvalue weighted by Crippen LogP contribution is 2.28. The maximum atomic E-state index is 13.7. The van der Waals surface area contributed by atoms with Gasteiger partial charge in [-0.2, -0.15) is 0 Å². The molecule has 8 nitrogen and oxygen atoms in total. The Hall–Kier alpha value is -3.86. The van der Waals surface area contributed by atoms with Crippen LogP contribution in [-0.2, 0) is 24.8 Å². The Kier molecular flexibility index (Phi) is 8.53. The molecule has 0 aromatic heterocycles. The van der Waals surface area contributed by atoms with Crippen LogP contribution in [0, 0.1) is 20.8 Å². The minimum Gasteiger partial charge on any atom is -0.325 e. The van der Waals surface area contributed by atoms with E-state index in [1.165, 1.54) is 36.4 Å². The molecule has 0 aliphatic rings. The van der Waals surface area contributed by atoms with E-state index in [2.05, 4.69) is 10.0 Å². The standard InChI is InChI=1S/C29H28ClN3O5S2/c1-20-4-13-27(14-5-20)40(37,38)33(28-17-6-21(2)18-22(28)3)19-29(34)31-24-11-15-26(16-12-24)39(35,36)32-25-9-7-23(30)8-10-25/h4-18,32H,19H2,1-3H3,(H,31,34). The number of benzene rings is 4. The van der Waals surface area contributed by atoms with Gasteiger partial charge in [-0.05, 0) is 93.1 Å². The fourth-order valence-electron chi connectivity index (χ4n) is 4.00. The van der Waals surface area contributed by atoms with Gasteiger partial charge in [0.1, 0.15) is 6.54 Å². The monoisotopic (exact) mass is 597 g/mol. The van der Waals surface area contributed by atoms with Crippen molar-refractivity contribution >= 4 is 54.6 Å². The van der Waals surface area contributed by atoms with Gasteiger partial charge in [-0.1, -0.05) is 47.0 Å². The second-order valence-electron chi connectivity index (χ2n) is 9.30. The van der Waals surface area contributed by atoms with E-state index in [4.69, 9.17) is 11.6 Å². The van der Waals surface area contributed by atoms with E-state index in [0.717, 1.165) is 15.4 Å². The Morgan fingerprint density at radius 2 is 1.27 bits per heavy atom. The van der Waals surface area contributed by atoms with Gasteiger partial charge in [-0.25, -0.2) is 16.8 Å². The van der Waals surface area contributed by atoms with E-state index in [-0.39, 0.29) is 9.79 Å². The molecule has 1 amide bonds. The zero-order valence-electron chi connectivity index (χ0n) is 22.1. The Morgan fingerprint density at radius 3 is 1.88 bits per heavy atom. The molecule has 0 spiro atoms. The number of carbonyl (C=O) groups is 1. The summed E-state index contributed by atoms with van der Waals surface area (Å²) in [6.07, 6.45) is 0. The van der Waals surface area contributed by atoms with Gasteiger partial charge in [-0.15, -0.1) is 0 Å². The van der Waals surface area contributed by atoms with Crippen molar-refractivity contribution in [2.45, 2.75) is 30.6 Å². The minimum atomic E-state index is -4.08. The van der Waals surface area contributed by atoms with Gasteiger partial charge in [0.05, 0.1) is 15.5 Å².